The van der Waals surface area contributed by atoms with Crippen LogP contribution in [-0.4, -0.2) is 32.6 Å². The zero-order chi connectivity index (χ0) is 19.6. The van der Waals surface area contributed by atoms with Crippen molar-refractivity contribution in [1.82, 2.24) is 0 Å². The summed E-state index contributed by atoms with van der Waals surface area (Å²) in [6, 6.07) is 8.09. The predicted molar refractivity (Wildman–Crippen MR) is 94.2 cm³/mol. The molecule has 0 unspecified atom stereocenters. The summed E-state index contributed by atoms with van der Waals surface area (Å²) in [6.45, 7) is 1.17. The minimum atomic E-state index is -4.53. The average molecular weight is 379 g/mol. The molecule has 0 saturated carbocycles. The first kappa shape index (κ1) is 18.6. The molecule has 1 aliphatic rings. The highest BCUT2D eigenvalue weighted by Gasteiger charge is 2.30. The van der Waals surface area contributed by atoms with Gasteiger partial charge in [-0.3, -0.25) is 4.79 Å². The Labute approximate surface area is 153 Å². The highest BCUT2D eigenvalue weighted by Crippen LogP contribution is 2.34. The zero-order valence-corrected chi connectivity index (χ0v) is 14.3. The monoisotopic (exact) mass is 379 g/mol. The molecule has 3 amide bonds. The molecule has 3 rings (SSSR count). The third-order valence-corrected chi connectivity index (χ3v) is 4.08. The Kier molecular flexibility index (Phi) is 4.93. The van der Waals surface area contributed by atoms with E-state index in [0.29, 0.717) is 18.9 Å². The molecular formula is C18H16F3N3O3. The number of likely N-dealkylation sites (N-methyl/N-ethyl adjacent to an activating group) is 1. The summed E-state index contributed by atoms with van der Waals surface area (Å²) in [5.74, 6) is 0.514. The van der Waals surface area contributed by atoms with E-state index >= 15 is 0 Å². The van der Waals surface area contributed by atoms with E-state index in [-0.39, 0.29) is 17.8 Å². The smallest absolute Gasteiger partial charge is 0.416 e. The van der Waals surface area contributed by atoms with Crippen LogP contribution in [0.3, 0.4) is 0 Å². The van der Waals surface area contributed by atoms with Gasteiger partial charge in [-0.25, -0.2) is 9.69 Å². The van der Waals surface area contributed by atoms with Crippen LogP contribution < -0.4 is 19.9 Å². The Balaban J connectivity index is 1.82. The molecule has 1 aliphatic heterocycles. The Bertz CT molecular complexity index is 870. The van der Waals surface area contributed by atoms with E-state index in [4.69, 9.17) is 4.74 Å². The second kappa shape index (κ2) is 7.18. The number of imide groups is 1. The molecule has 142 valence electrons. The average Bonchev–Trinajstić information content (AvgIpc) is 2.62. The van der Waals surface area contributed by atoms with E-state index in [0.717, 1.165) is 22.7 Å². The predicted octanol–water partition coefficient (Wildman–Crippen LogP) is 3.73. The fraction of sp³-hybridized carbons (Fsp3) is 0.222. The number of carbonyl (C=O) groups excluding carboxylic acids is 2. The minimum Gasteiger partial charge on any atom is -0.489 e. The number of urea groups is 1. The summed E-state index contributed by atoms with van der Waals surface area (Å²) in [7, 11) is 1.89. The first-order chi connectivity index (χ1) is 12.8. The lowest BCUT2D eigenvalue weighted by Crippen LogP contribution is -2.34. The lowest BCUT2D eigenvalue weighted by Gasteiger charge is -2.28. The molecule has 1 heterocycles. The molecule has 0 saturated heterocycles. The van der Waals surface area contributed by atoms with E-state index in [1.54, 1.807) is 12.1 Å². The number of rotatable bonds is 3. The third kappa shape index (κ3) is 3.97. The maximum atomic E-state index is 12.8. The maximum absolute atomic E-state index is 12.8. The number of amides is 3. The number of carbonyl (C=O) groups is 2. The van der Waals surface area contributed by atoms with Crippen molar-refractivity contribution >= 4 is 29.5 Å². The van der Waals surface area contributed by atoms with Crippen molar-refractivity contribution in [3.05, 3.63) is 48.0 Å². The van der Waals surface area contributed by atoms with Crippen LogP contribution >= 0.6 is 0 Å². The molecule has 1 N–H and O–H groups in total. The van der Waals surface area contributed by atoms with Gasteiger partial charge in [0.25, 0.3) is 0 Å². The lowest BCUT2D eigenvalue weighted by molar-refractivity contribution is -0.137. The molecule has 0 atom stereocenters. The zero-order valence-electron chi connectivity index (χ0n) is 14.3. The summed E-state index contributed by atoms with van der Waals surface area (Å²) in [5.41, 5.74) is 0.0800. The number of alkyl halides is 3. The van der Waals surface area contributed by atoms with Crippen LogP contribution in [0.4, 0.5) is 35.0 Å². The van der Waals surface area contributed by atoms with E-state index in [1.165, 1.54) is 18.2 Å². The molecule has 0 bridgehead atoms. The van der Waals surface area contributed by atoms with Gasteiger partial charge in [-0.2, -0.15) is 13.2 Å². The van der Waals surface area contributed by atoms with Crippen molar-refractivity contribution in [3.8, 4) is 5.75 Å². The number of halogens is 3. The van der Waals surface area contributed by atoms with E-state index in [1.807, 2.05) is 11.9 Å². The summed E-state index contributed by atoms with van der Waals surface area (Å²) in [4.78, 5) is 26.5. The molecule has 2 aromatic rings. The van der Waals surface area contributed by atoms with Gasteiger partial charge in [0.1, 0.15) is 12.4 Å². The van der Waals surface area contributed by atoms with Crippen molar-refractivity contribution in [1.29, 1.82) is 0 Å². The summed E-state index contributed by atoms with van der Waals surface area (Å²) in [6.07, 6.45) is -4.25. The number of ether oxygens (including phenoxy) is 1. The number of nitrogens with zero attached hydrogens (tertiary/aromatic N) is 2. The SMILES string of the molecule is CN1CCOc2cc(N(C=O)C(=O)Nc3cccc(C(F)(F)F)c3)ccc21. The van der Waals surface area contributed by atoms with Crippen LogP contribution in [0.1, 0.15) is 5.56 Å². The Morgan fingerprint density at radius 1 is 1.26 bits per heavy atom. The molecule has 2 aromatic carbocycles. The van der Waals surface area contributed by atoms with Gasteiger partial charge in [0.2, 0.25) is 6.41 Å². The van der Waals surface area contributed by atoms with Crippen molar-refractivity contribution in [2.24, 2.45) is 0 Å². The molecule has 0 spiro atoms. The highest BCUT2D eigenvalue weighted by atomic mass is 19.4. The van der Waals surface area contributed by atoms with Crippen LogP contribution in [0.5, 0.6) is 5.75 Å². The first-order valence-corrected chi connectivity index (χ1v) is 8.00. The molecule has 0 radical (unpaired) electrons. The first-order valence-electron chi connectivity index (χ1n) is 8.00. The Morgan fingerprint density at radius 2 is 2.04 bits per heavy atom. The number of nitrogens with one attached hydrogen (secondary N) is 1. The largest absolute Gasteiger partial charge is 0.489 e. The number of fused-ring (bicyclic) bond motifs is 1. The van der Waals surface area contributed by atoms with Crippen molar-refractivity contribution < 1.29 is 27.5 Å². The molecule has 0 aromatic heterocycles. The van der Waals surface area contributed by atoms with Crippen LogP contribution in [-0.2, 0) is 11.0 Å². The maximum Gasteiger partial charge on any atom is 0.416 e. The van der Waals surface area contributed by atoms with Gasteiger partial charge in [-0.05, 0) is 30.3 Å². The molecular weight excluding hydrogens is 363 g/mol. The van der Waals surface area contributed by atoms with Gasteiger partial charge in [0.05, 0.1) is 23.5 Å². The molecule has 0 fully saturated rings. The standard InChI is InChI=1S/C18H16F3N3O3/c1-23-7-8-27-16-10-14(5-6-15(16)23)24(11-25)17(26)22-13-4-2-3-12(9-13)18(19,20)21/h2-6,9-11H,7-8H2,1H3,(H,22,26). The van der Waals surface area contributed by atoms with E-state index in [9.17, 15) is 22.8 Å². The van der Waals surface area contributed by atoms with Gasteiger partial charge in [0.15, 0.2) is 0 Å². The lowest BCUT2D eigenvalue weighted by atomic mass is 10.2. The fourth-order valence-corrected chi connectivity index (χ4v) is 2.68. The quantitative estimate of drug-likeness (QED) is 0.826. The highest BCUT2D eigenvalue weighted by molar-refractivity contribution is 6.12. The molecule has 0 aliphatic carbocycles. The normalized spacial score (nSPS) is 13.4. The van der Waals surface area contributed by atoms with Crippen molar-refractivity contribution in [2.45, 2.75) is 6.18 Å². The van der Waals surface area contributed by atoms with Crippen molar-refractivity contribution in [2.75, 3.05) is 35.3 Å². The van der Waals surface area contributed by atoms with E-state index in [2.05, 4.69) is 5.32 Å². The Hall–Kier alpha value is -3.23. The van der Waals surface area contributed by atoms with Gasteiger partial charge in [-0.1, -0.05) is 6.07 Å². The van der Waals surface area contributed by atoms with Gasteiger partial charge >= 0.3 is 12.2 Å². The van der Waals surface area contributed by atoms with Gasteiger partial charge in [0, 0.05) is 18.8 Å². The van der Waals surface area contributed by atoms with Crippen LogP contribution in [0.25, 0.3) is 0 Å². The Morgan fingerprint density at radius 3 is 2.74 bits per heavy atom. The molecule has 27 heavy (non-hydrogen) atoms. The summed E-state index contributed by atoms with van der Waals surface area (Å²) >= 11 is 0. The van der Waals surface area contributed by atoms with Crippen LogP contribution in [0.2, 0.25) is 0 Å². The second-order valence-corrected chi connectivity index (χ2v) is 5.91. The van der Waals surface area contributed by atoms with Crippen molar-refractivity contribution in [3.63, 3.8) is 0 Å². The molecule has 6 nitrogen and oxygen atoms in total. The summed E-state index contributed by atoms with van der Waals surface area (Å²) in [5, 5.41) is 2.30. The number of hydrogen-bond acceptors (Lipinski definition) is 4. The topological polar surface area (TPSA) is 61.9 Å². The summed E-state index contributed by atoms with van der Waals surface area (Å²) < 4.78 is 43.9. The van der Waals surface area contributed by atoms with Gasteiger partial charge < -0.3 is 15.0 Å². The van der Waals surface area contributed by atoms with Gasteiger partial charge in [-0.15, -0.1) is 0 Å². The van der Waals surface area contributed by atoms with Crippen LogP contribution in [0.15, 0.2) is 42.5 Å². The van der Waals surface area contributed by atoms with E-state index < -0.39 is 17.8 Å². The number of hydrogen-bond donors (Lipinski definition) is 1. The second-order valence-electron chi connectivity index (χ2n) is 5.91. The number of benzene rings is 2. The minimum absolute atomic E-state index is 0.0735. The van der Waals surface area contributed by atoms with Crippen LogP contribution in [0, 0.1) is 0 Å². The number of anilines is 3. The third-order valence-electron chi connectivity index (χ3n) is 4.08. The molecule has 9 heteroatoms. The fourth-order valence-electron chi connectivity index (χ4n) is 2.68.